The van der Waals surface area contributed by atoms with Crippen LogP contribution in [-0.4, -0.2) is 58.9 Å². The third-order valence-corrected chi connectivity index (χ3v) is 7.92. The zero-order valence-corrected chi connectivity index (χ0v) is 21.3. The summed E-state index contributed by atoms with van der Waals surface area (Å²) in [5.41, 5.74) is 2.48. The molecule has 184 valence electrons. The summed E-state index contributed by atoms with van der Waals surface area (Å²) in [7, 11) is 0. The van der Waals surface area contributed by atoms with Gasteiger partial charge in [0.25, 0.3) is 0 Å². The third kappa shape index (κ3) is 5.29. The normalized spacial score (nSPS) is 17.0. The molecule has 1 saturated heterocycles. The number of hydrogen-bond donors (Lipinski definition) is 0. The van der Waals surface area contributed by atoms with Crippen molar-refractivity contribution in [2.24, 2.45) is 0 Å². The van der Waals surface area contributed by atoms with E-state index in [-0.39, 0.29) is 5.97 Å². The zero-order valence-electron chi connectivity index (χ0n) is 20.4. The molecule has 0 unspecified atom stereocenters. The maximum absolute atomic E-state index is 12.7. The molecule has 1 aromatic carbocycles. The summed E-state index contributed by atoms with van der Waals surface area (Å²) in [6.07, 6.45) is 8.00. The lowest BCUT2D eigenvalue weighted by Gasteiger charge is -2.35. The van der Waals surface area contributed by atoms with Gasteiger partial charge in [0, 0.05) is 43.9 Å². The number of rotatable bonds is 6. The molecule has 9 heteroatoms. The van der Waals surface area contributed by atoms with Crippen molar-refractivity contribution in [1.29, 1.82) is 0 Å². The van der Waals surface area contributed by atoms with Crippen LogP contribution in [0.3, 0.4) is 0 Å². The quantitative estimate of drug-likeness (QED) is 0.451. The molecule has 3 aromatic rings. The average Bonchev–Trinajstić information content (AvgIpc) is 3.40. The molecule has 3 heterocycles. The molecular formula is C26H32N6O2S. The van der Waals surface area contributed by atoms with Crippen LogP contribution in [-0.2, 0) is 4.74 Å². The van der Waals surface area contributed by atoms with Crippen molar-refractivity contribution in [2.45, 2.75) is 51.9 Å². The Hall–Kier alpha value is -3.07. The van der Waals surface area contributed by atoms with Gasteiger partial charge < -0.3 is 14.5 Å². The van der Waals surface area contributed by atoms with Crippen molar-refractivity contribution in [3.05, 3.63) is 46.6 Å². The fraction of sp³-hybridized carbons (Fsp3) is 0.500. The molecule has 0 spiro atoms. The van der Waals surface area contributed by atoms with E-state index < -0.39 is 0 Å². The van der Waals surface area contributed by atoms with Gasteiger partial charge in [-0.15, -0.1) is 10.2 Å². The van der Waals surface area contributed by atoms with Crippen LogP contribution in [0.1, 0.15) is 65.9 Å². The van der Waals surface area contributed by atoms with Gasteiger partial charge in [-0.1, -0.05) is 54.4 Å². The summed E-state index contributed by atoms with van der Waals surface area (Å²) in [6, 6.07) is 8.09. The molecular weight excluding hydrogens is 460 g/mol. The number of carbonyl (C=O) groups excluding carboxylic acids is 1. The molecule has 1 saturated carbocycles. The monoisotopic (exact) mass is 492 g/mol. The SMILES string of the molecule is CCOC(=O)c1cnc(-c2cccc(C)c2)nc1N1CCN(c2nnc(C3CCCCC3)s2)CC1. The highest BCUT2D eigenvalue weighted by molar-refractivity contribution is 7.15. The summed E-state index contributed by atoms with van der Waals surface area (Å²) >= 11 is 1.74. The van der Waals surface area contributed by atoms with Crippen LogP contribution in [0.2, 0.25) is 0 Å². The first-order valence-corrected chi connectivity index (χ1v) is 13.4. The van der Waals surface area contributed by atoms with E-state index in [2.05, 4.69) is 31.0 Å². The smallest absolute Gasteiger partial charge is 0.343 e. The van der Waals surface area contributed by atoms with Crippen LogP contribution >= 0.6 is 11.3 Å². The Kier molecular flexibility index (Phi) is 7.22. The first-order valence-electron chi connectivity index (χ1n) is 12.6. The predicted molar refractivity (Wildman–Crippen MR) is 138 cm³/mol. The largest absolute Gasteiger partial charge is 0.462 e. The molecule has 2 aromatic heterocycles. The van der Waals surface area contributed by atoms with Crippen molar-refractivity contribution >= 4 is 28.3 Å². The van der Waals surface area contributed by atoms with Gasteiger partial charge in [-0.05, 0) is 32.8 Å². The lowest BCUT2D eigenvalue weighted by Crippen LogP contribution is -2.47. The van der Waals surface area contributed by atoms with Gasteiger partial charge in [-0.25, -0.2) is 14.8 Å². The fourth-order valence-electron chi connectivity index (χ4n) is 4.87. The number of piperazine rings is 1. The molecule has 0 atom stereocenters. The maximum Gasteiger partial charge on any atom is 0.343 e. The van der Waals surface area contributed by atoms with E-state index in [1.54, 1.807) is 17.5 Å². The highest BCUT2D eigenvalue weighted by atomic mass is 32.1. The minimum atomic E-state index is -0.387. The van der Waals surface area contributed by atoms with Crippen molar-refractivity contribution in [3.8, 4) is 11.4 Å². The molecule has 1 aliphatic carbocycles. The average molecular weight is 493 g/mol. The van der Waals surface area contributed by atoms with Gasteiger partial charge in [0.05, 0.1) is 6.61 Å². The molecule has 2 fully saturated rings. The second-order valence-corrected chi connectivity index (χ2v) is 10.2. The van der Waals surface area contributed by atoms with Crippen LogP contribution in [0.25, 0.3) is 11.4 Å². The number of ether oxygens (including phenoxy) is 1. The van der Waals surface area contributed by atoms with E-state index in [0.29, 0.717) is 29.7 Å². The van der Waals surface area contributed by atoms with Crippen molar-refractivity contribution in [1.82, 2.24) is 20.2 Å². The second-order valence-electron chi connectivity index (χ2n) is 9.25. The Balaban J connectivity index is 1.34. The van der Waals surface area contributed by atoms with Gasteiger partial charge >= 0.3 is 5.97 Å². The third-order valence-electron chi connectivity index (χ3n) is 6.77. The lowest BCUT2D eigenvalue weighted by atomic mass is 9.90. The maximum atomic E-state index is 12.7. The van der Waals surface area contributed by atoms with E-state index in [1.807, 2.05) is 32.0 Å². The second kappa shape index (κ2) is 10.7. The highest BCUT2D eigenvalue weighted by Gasteiger charge is 2.27. The molecule has 0 radical (unpaired) electrons. The van der Waals surface area contributed by atoms with Crippen molar-refractivity contribution in [2.75, 3.05) is 42.6 Å². The van der Waals surface area contributed by atoms with Crippen molar-refractivity contribution < 1.29 is 9.53 Å². The van der Waals surface area contributed by atoms with E-state index in [9.17, 15) is 4.79 Å². The summed E-state index contributed by atoms with van der Waals surface area (Å²) < 4.78 is 5.30. The minimum absolute atomic E-state index is 0.312. The van der Waals surface area contributed by atoms with E-state index in [4.69, 9.17) is 9.72 Å². The molecule has 0 amide bonds. The summed E-state index contributed by atoms with van der Waals surface area (Å²) in [6.45, 7) is 7.22. The van der Waals surface area contributed by atoms with Crippen molar-refractivity contribution in [3.63, 3.8) is 0 Å². The first kappa shape index (κ1) is 23.7. The van der Waals surface area contributed by atoms with Crippen LogP contribution in [0.5, 0.6) is 0 Å². The first-order chi connectivity index (χ1) is 17.1. The van der Waals surface area contributed by atoms with Gasteiger partial charge in [-0.2, -0.15) is 0 Å². The number of aryl methyl sites for hydroxylation is 1. The molecule has 2 aliphatic rings. The Morgan fingerprint density at radius 2 is 1.86 bits per heavy atom. The Morgan fingerprint density at radius 1 is 1.09 bits per heavy atom. The number of aromatic nitrogens is 4. The standard InChI is InChI=1S/C26H32N6O2S/c1-3-34-25(33)21-17-27-22(20-11-7-8-18(2)16-20)28-23(21)31-12-14-32(15-13-31)26-30-29-24(35-26)19-9-5-4-6-10-19/h7-8,11,16-17,19H,3-6,9-10,12-15H2,1-2H3. The Bertz CT molecular complexity index is 1170. The van der Waals surface area contributed by atoms with Gasteiger partial charge in [0.1, 0.15) is 16.4 Å². The van der Waals surface area contributed by atoms with E-state index in [1.165, 1.54) is 37.1 Å². The number of anilines is 2. The molecule has 5 rings (SSSR count). The Morgan fingerprint density at radius 3 is 2.60 bits per heavy atom. The molecule has 8 nitrogen and oxygen atoms in total. The number of nitrogens with zero attached hydrogens (tertiary/aromatic N) is 6. The number of hydrogen-bond acceptors (Lipinski definition) is 9. The van der Waals surface area contributed by atoms with Crippen LogP contribution in [0.4, 0.5) is 10.9 Å². The lowest BCUT2D eigenvalue weighted by molar-refractivity contribution is 0.0526. The molecule has 0 N–H and O–H groups in total. The number of carbonyl (C=O) groups is 1. The van der Waals surface area contributed by atoms with Gasteiger partial charge in [0.15, 0.2) is 5.82 Å². The van der Waals surface area contributed by atoms with Crippen LogP contribution < -0.4 is 9.80 Å². The molecule has 0 bridgehead atoms. The number of esters is 1. The van der Waals surface area contributed by atoms with Gasteiger partial charge in [-0.3, -0.25) is 0 Å². The topological polar surface area (TPSA) is 84.3 Å². The van der Waals surface area contributed by atoms with Crippen LogP contribution in [0.15, 0.2) is 30.5 Å². The van der Waals surface area contributed by atoms with Crippen LogP contribution in [0, 0.1) is 6.92 Å². The minimum Gasteiger partial charge on any atom is -0.462 e. The summed E-state index contributed by atoms with van der Waals surface area (Å²) in [5.74, 6) is 1.43. The highest BCUT2D eigenvalue weighted by Crippen LogP contribution is 2.36. The van der Waals surface area contributed by atoms with E-state index >= 15 is 0 Å². The Labute approximate surface area is 210 Å². The summed E-state index contributed by atoms with van der Waals surface area (Å²) in [5, 5.41) is 11.2. The van der Waals surface area contributed by atoms with E-state index in [0.717, 1.165) is 42.4 Å². The number of benzene rings is 1. The predicted octanol–water partition coefficient (Wildman–Crippen LogP) is 4.85. The zero-order chi connectivity index (χ0) is 24.2. The van der Waals surface area contributed by atoms with Gasteiger partial charge in [0.2, 0.25) is 5.13 Å². The molecule has 35 heavy (non-hydrogen) atoms. The summed E-state index contributed by atoms with van der Waals surface area (Å²) in [4.78, 5) is 26.5. The fourth-order valence-corrected chi connectivity index (χ4v) is 5.93. The molecule has 1 aliphatic heterocycles.